The molecule has 0 spiro atoms. The molecule has 4 nitrogen and oxygen atoms in total. The lowest BCUT2D eigenvalue weighted by Crippen LogP contribution is -1.96. The Morgan fingerprint density at radius 1 is 1.08 bits per heavy atom. The third-order valence-corrected chi connectivity index (χ3v) is 3.33. The van der Waals surface area contributed by atoms with Gasteiger partial charge in [-0.05, 0) is 53.6 Å². The SMILES string of the molecule is C#CCOc1ccc(/C=C(\C#N)c2ccc(OC)cc2)cc1OC. The number of terminal acetylenes is 1. The van der Waals surface area contributed by atoms with Crippen LogP contribution in [0.3, 0.4) is 0 Å². The van der Waals surface area contributed by atoms with Gasteiger partial charge in [-0.3, -0.25) is 0 Å². The summed E-state index contributed by atoms with van der Waals surface area (Å²) < 4.78 is 15.9. The van der Waals surface area contributed by atoms with Crippen molar-refractivity contribution in [1.29, 1.82) is 5.26 Å². The van der Waals surface area contributed by atoms with Gasteiger partial charge >= 0.3 is 0 Å². The molecule has 0 saturated heterocycles. The van der Waals surface area contributed by atoms with Crippen LogP contribution in [0.15, 0.2) is 42.5 Å². The molecule has 0 N–H and O–H groups in total. The average molecular weight is 319 g/mol. The van der Waals surface area contributed by atoms with Gasteiger partial charge in [-0.1, -0.05) is 12.0 Å². The maximum atomic E-state index is 9.44. The average Bonchev–Trinajstić information content (AvgIpc) is 2.64. The quantitative estimate of drug-likeness (QED) is 0.462. The van der Waals surface area contributed by atoms with Crippen molar-refractivity contribution in [3.05, 3.63) is 53.6 Å². The monoisotopic (exact) mass is 319 g/mol. The highest BCUT2D eigenvalue weighted by Crippen LogP contribution is 2.30. The van der Waals surface area contributed by atoms with Crippen LogP contribution in [0.2, 0.25) is 0 Å². The standard InChI is InChI=1S/C20H17NO3/c1-4-11-24-19-10-5-15(13-20(19)23-3)12-17(14-21)16-6-8-18(22-2)9-7-16/h1,5-10,12-13H,11H2,2-3H3/b17-12+. The Hall–Kier alpha value is -3.37. The van der Waals surface area contributed by atoms with Gasteiger partial charge in [0.05, 0.1) is 25.9 Å². The molecule has 0 aromatic heterocycles. The van der Waals surface area contributed by atoms with Crippen molar-refractivity contribution in [1.82, 2.24) is 0 Å². The van der Waals surface area contributed by atoms with Crippen molar-refractivity contribution >= 4 is 11.6 Å². The highest BCUT2D eigenvalue weighted by molar-refractivity contribution is 5.89. The number of allylic oxidation sites excluding steroid dienone is 1. The summed E-state index contributed by atoms with van der Waals surface area (Å²) in [6, 6.07) is 14.9. The van der Waals surface area contributed by atoms with Gasteiger partial charge in [-0.25, -0.2) is 0 Å². The highest BCUT2D eigenvalue weighted by atomic mass is 16.5. The molecule has 0 saturated carbocycles. The molecule has 2 aromatic carbocycles. The summed E-state index contributed by atoms with van der Waals surface area (Å²) >= 11 is 0. The van der Waals surface area contributed by atoms with E-state index in [-0.39, 0.29) is 6.61 Å². The molecule has 120 valence electrons. The molecule has 0 aliphatic carbocycles. The molecule has 0 amide bonds. The minimum Gasteiger partial charge on any atom is -0.497 e. The second-order valence-electron chi connectivity index (χ2n) is 4.80. The first-order valence-corrected chi connectivity index (χ1v) is 7.22. The number of ether oxygens (including phenoxy) is 3. The van der Waals surface area contributed by atoms with Gasteiger partial charge in [0.25, 0.3) is 0 Å². The van der Waals surface area contributed by atoms with Crippen molar-refractivity contribution < 1.29 is 14.2 Å². The van der Waals surface area contributed by atoms with Crippen LogP contribution in [0.5, 0.6) is 17.2 Å². The maximum absolute atomic E-state index is 9.44. The molecule has 0 fully saturated rings. The van der Waals surface area contributed by atoms with E-state index in [1.165, 1.54) is 0 Å². The van der Waals surface area contributed by atoms with E-state index in [1.54, 1.807) is 32.4 Å². The lowest BCUT2D eigenvalue weighted by Gasteiger charge is -2.09. The first-order valence-electron chi connectivity index (χ1n) is 7.22. The fraction of sp³-hybridized carbons (Fsp3) is 0.150. The molecule has 0 aliphatic rings. The Morgan fingerprint density at radius 3 is 2.42 bits per heavy atom. The minimum atomic E-state index is 0.167. The van der Waals surface area contributed by atoms with Gasteiger partial charge in [0.15, 0.2) is 11.5 Å². The molecule has 24 heavy (non-hydrogen) atoms. The van der Waals surface area contributed by atoms with Gasteiger partial charge in [0.1, 0.15) is 12.4 Å². The molecule has 0 unspecified atom stereocenters. The van der Waals surface area contributed by atoms with Gasteiger partial charge in [0.2, 0.25) is 0 Å². The lowest BCUT2D eigenvalue weighted by molar-refractivity contribution is 0.331. The van der Waals surface area contributed by atoms with E-state index in [0.29, 0.717) is 17.1 Å². The highest BCUT2D eigenvalue weighted by Gasteiger charge is 2.07. The summed E-state index contributed by atoms with van der Waals surface area (Å²) in [5, 5.41) is 9.44. The first-order chi connectivity index (χ1) is 11.7. The Bertz CT molecular complexity index is 808. The van der Waals surface area contributed by atoms with E-state index in [0.717, 1.165) is 16.9 Å². The molecule has 0 atom stereocenters. The molecular weight excluding hydrogens is 302 g/mol. The second kappa shape index (κ2) is 8.31. The van der Waals surface area contributed by atoms with Crippen molar-refractivity contribution in [2.75, 3.05) is 20.8 Å². The Morgan fingerprint density at radius 2 is 1.83 bits per heavy atom. The number of nitriles is 1. The van der Waals surface area contributed by atoms with Crippen molar-refractivity contribution in [3.63, 3.8) is 0 Å². The number of hydrogen-bond acceptors (Lipinski definition) is 4. The van der Waals surface area contributed by atoms with Crippen LogP contribution in [0.25, 0.3) is 11.6 Å². The van der Waals surface area contributed by atoms with Crippen LogP contribution >= 0.6 is 0 Å². The van der Waals surface area contributed by atoms with E-state index in [4.69, 9.17) is 20.6 Å². The number of hydrogen-bond donors (Lipinski definition) is 0. The molecule has 0 aliphatic heterocycles. The summed E-state index contributed by atoms with van der Waals surface area (Å²) in [6.45, 7) is 0.167. The van der Waals surface area contributed by atoms with E-state index in [9.17, 15) is 5.26 Å². The van der Waals surface area contributed by atoms with E-state index < -0.39 is 0 Å². The van der Waals surface area contributed by atoms with Crippen molar-refractivity contribution in [3.8, 4) is 35.7 Å². The van der Waals surface area contributed by atoms with Crippen LogP contribution in [-0.2, 0) is 0 Å². The van der Waals surface area contributed by atoms with E-state index in [1.807, 2.05) is 30.3 Å². The summed E-state index contributed by atoms with van der Waals surface area (Å²) in [7, 11) is 3.16. The third kappa shape index (κ3) is 4.09. The second-order valence-corrected chi connectivity index (χ2v) is 4.80. The zero-order chi connectivity index (χ0) is 17.4. The summed E-state index contributed by atoms with van der Waals surface area (Å²) in [6.07, 6.45) is 6.98. The largest absolute Gasteiger partial charge is 0.497 e. The number of rotatable bonds is 6. The fourth-order valence-electron chi connectivity index (χ4n) is 2.13. The number of methoxy groups -OCH3 is 2. The van der Waals surface area contributed by atoms with Crippen molar-refractivity contribution in [2.24, 2.45) is 0 Å². The van der Waals surface area contributed by atoms with Gasteiger partial charge in [0, 0.05) is 0 Å². The van der Waals surface area contributed by atoms with Crippen LogP contribution in [-0.4, -0.2) is 20.8 Å². The van der Waals surface area contributed by atoms with Crippen LogP contribution in [0.4, 0.5) is 0 Å². The van der Waals surface area contributed by atoms with E-state index in [2.05, 4.69) is 12.0 Å². The lowest BCUT2D eigenvalue weighted by atomic mass is 10.0. The zero-order valence-corrected chi connectivity index (χ0v) is 13.6. The molecule has 0 heterocycles. The first kappa shape index (κ1) is 17.0. The summed E-state index contributed by atoms with van der Waals surface area (Å²) in [5.74, 6) is 4.28. The number of benzene rings is 2. The van der Waals surface area contributed by atoms with Gasteiger partial charge < -0.3 is 14.2 Å². The molecule has 0 radical (unpaired) electrons. The molecule has 2 aromatic rings. The maximum Gasteiger partial charge on any atom is 0.162 e. The number of nitrogens with zero attached hydrogens (tertiary/aromatic N) is 1. The molecule has 2 rings (SSSR count). The zero-order valence-electron chi connectivity index (χ0n) is 13.6. The van der Waals surface area contributed by atoms with Crippen molar-refractivity contribution in [2.45, 2.75) is 0 Å². The van der Waals surface area contributed by atoms with Crippen LogP contribution in [0.1, 0.15) is 11.1 Å². The molecule has 0 bridgehead atoms. The predicted octanol–water partition coefficient (Wildman–Crippen LogP) is 3.78. The van der Waals surface area contributed by atoms with Crippen LogP contribution < -0.4 is 14.2 Å². The topological polar surface area (TPSA) is 51.5 Å². The Kier molecular flexibility index (Phi) is 5.88. The molecular formula is C20H17NO3. The Balaban J connectivity index is 2.33. The third-order valence-electron chi connectivity index (χ3n) is 3.33. The minimum absolute atomic E-state index is 0.167. The summed E-state index contributed by atoms with van der Waals surface area (Å²) in [4.78, 5) is 0. The molecule has 4 heteroatoms. The smallest absolute Gasteiger partial charge is 0.162 e. The summed E-state index contributed by atoms with van der Waals surface area (Å²) in [5.41, 5.74) is 2.18. The van der Waals surface area contributed by atoms with Gasteiger partial charge in [-0.15, -0.1) is 6.42 Å². The van der Waals surface area contributed by atoms with E-state index >= 15 is 0 Å². The predicted molar refractivity (Wildman–Crippen MR) is 93.8 cm³/mol. The normalized spacial score (nSPS) is 10.4. The van der Waals surface area contributed by atoms with Crippen LogP contribution in [0, 0.1) is 23.7 Å². The Labute approximate surface area is 141 Å². The van der Waals surface area contributed by atoms with Gasteiger partial charge in [-0.2, -0.15) is 5.26 Å². The fourth-order valence-corrected chi connectivity index (χ4v) is 2.13.